The van der Waals surface area contributed by atoms with Gasteiger partial charge in [-0.3, -0.25) is 0 Å². The molecule has 1 aromatic heterocycles. The Bertz CT molecular complexity index is 897. The second kappa shape index (κ2) is 9.16. The fourth-order valence-electron chi connectivity index (χ4n) is 2.60. The number of halogens is 2. The average Bonchev–Trinajstić information content (AvgIpc) is 3.13. The first-order chi connectivity index (χ1) is 13.6. The maximum atomic E-state index is 12.2. The lowest BCUT2D eigenvalue weighted by Crippen LogP contribution is -2.01. The smallest absolute Gasteiger partial charge is 0.387 e. The van der Waals surface area contributed by atoms with Gasteiger partial charge in [0, 0.05) is 5.56 Å². The third-order valence-corrected chi connectivity index (χ3v) is 3.76. The number of nitrogens with zero attached hydrogens (tertiary/aromatic N) is 2. The summed E-state index contributed by atoms with van der Waals surface area (Å²) >= 11 is 0. The topological polar surface area (TPSA) is 66.6 Å². The second-order valence-electron chi connectivity index (χ2n) is 5.73. The van der Waals surface area contributed by atoms with E-state index in [1.165, 1.54) is 12.1 Å². The molecule has 0 saturated heterocycles. The normalized spacial score (nSPS) is 10.9. The fraction of sp³-hybridized carbons (Fsp3) is 0.300. The van der Waals surface area contributed by atoms with Crippen LogP contribution in [0.2, 0.25) is 0 Å². The molecule has 0 amide bonds. The number of aromatic nitrogens is 2. The van der Waals surface area contributed by atoms with Gasteiger partial charge in [0.05, 0.1) is 19.6 Å². The van der Waals surface area contributed by atoms with Crippen molar-refractivity contribution in [1.82, 2.24) is 10.2 Å². The van der Waals surface area contributed by atoms with Gasteiger partial charge in [0.15, 0.2) is 11.5 Å². The Labute approximate surface area is 161 Å². The van der Waals surface area contributed by atoms with Crippen molar-refractivity contribution in [2.75, 3.05) is 13.2 Å². The molecule has 0 unspecified atom stereocenters. The van der Waals surface area contributed by atoms with Crippen molar-refractivity contribution < 1.29 is 27.4 Å². The summed E-state index contributed by atoms with van der Waals surface area (Å²) in [7, 11) is 0. The Hall–Kier alpha value is -3.16. The molecule has 0 radical (unpaired) electrons. The summed E-state index contributed by atoms with van der Waals surface area (Å²) in [5, 5.41) is 8.07. The first kappa shape index (κ1) is 19.6. The fourth-order valence-corrected chi connectivity index (χ4v) is 2.60. The van der Waals surface area contributed by atoms with Crippen LogP contribution < -0.4 is 14.2 Å². The predicted molar refractivity (Wildman–Crippen MR) is 98.0 cm³/mol. The molecule has 2 aromatic carbocycles. The molecule has 0 bridgehead atoms. The molecule has 0 aliphatic rings. The maximum absolute atomic E-state index is 12.2. The van der Waals surface area contributed by atoms with E-state index in [1.807, 2.05) is 32.0 Å². The maximum Gasteiger partial charge on any atom is 0.387 e. The zero-order chi connectivity index (χ0) is 19.9. The average molecular weight is 390 g/mol. The van der Waals surface area contributed by atoms with Crippen LogP contribution in [0, 0.1) is 0 Å². The van der Waals surface area contributed by atoms with Crippen LogP contribution in [0.1, 0.15) is 25.3 Å². The summed E-state index contributed by atoms with van der Waals surface area (Å²) in [6.07, 6.45) is 0.423. The van der Waals surface area contributed by atoms with E-state index in [0.29, 0.717) is 48.5 Å². The van der Waals surface area contributed by atoms with Crippen LogP contribution in [0.15, 0.2) is 46.9 Å². The van der Waals surface area contributed by atoms with Gasteiger partial charge in [0.25, 0.3) is 0 Å². The van der Waals surface area contributed by atoms with Crippen molar-refractivity contribution in [3.05, 3.63) is 53.9 Å². The number of ether oxygens (including phenoxy) is 3. The quantitative estimate of drug-likeness (QED) is 0.526. The summed E-state index contributed by atoms with van der Waals surface area (Å²) in [5.41, 5.74) is 1.55. The van der Waals surface area contributed by atoms with E-state index >= 15 is 0 Å². The second-order valence-corrected chi connectivity index (χ2v) is 5.73. The van der Waals surface area contributed by atoms with Gasteiger partial charge in [-0.15, -0.1) is 10.2 Å². The van der Waals surface area contributed by atoms with E-state index in [0.717, 1.165) is 5.56 Å². The van der Waals surface area contributed by atoms with Gasteiger partial charge in [-0.25, -0.2) is 0 Å². The van der Waals surface area contributed by atoms with Gasteiger partial charge in [-0.05, 0) is 55.8 Å². The summed E-state index contributed by atoms with van der Waals surface area (Å²) < 4.78 is 45.6. The van der Waals surface area contributed by atoms with E-state index in [9.17, 15) is 8.78 Å². The minimum absolute atomic E-state index is 0.0660. The monoisotopic (exact) mass is 390 g/mol. The molecule has 0 atom stereocenters. The third kappa shape index (κ3) is 4.97. The highest BCUT2D eigenvalue weighted by atomic mass is 19.3. The standard InChI is InChI=1S/C20H20F2N2O4/c1-3-25-16-10-5-13(11-17(16)26-4-2)12-18-23-24-19(28-18)14-6-8-15(9-7-14)27-20(21)22/h5-11,20H,3-4,12H2,1-2H3. The third-order valence-electron chi connectivity index (χ3n) is 3.76. The van der Waals surface area contributed by atoms with Crippen molar-refractivity contribution >= 4 is 0 Å². The summed E-state index contributed by atoms with van der Waals surface area (Å²) in [6.45, 7) is 2.03. The number of hydrogen-bond acceptors (Lipinski definition) is 6. The Morgan fingerprint density at radius 2 is 1.64 bits per heavy atom. The SMILES string of the molecule is CCOc1ccc(Cc2nnc(-c3ccc(OC(F)F)cc3)o2)cc1OCC. The molecule has 8 heteroatoms. The molecule has 6 nitrogen and oxygen atoms in total. The Balaban J connectivity index is 1.73. The largest absolute Gasteiger partial charge is 0.490 e. The van der Waals surface area contributed by atoms with Crippen molar-refractivity contribution in [2.24, 2.45) is 0 Å². The van der Waals surface area contributed by atoms with Gasteiger partial charge in [-0.1, -0.05) is 6.07 Å². The van der Waals surface area contributed by atoms with Crippen molar-refractivity contribution in [1.29, 1.82) is 0 Å². The Kier molecular flexibility index (Phi) is 6.41. The minimum Gasteiger partial charge on any atom is -0.490 e. The van der Waals surface area contributed by atoms with Crippen molar-refractivity contribution in [2.45, 2.75) is 26.9 Å². The van der Waals surface area contributed by atoms with Crippen LogP contribution >= 0.6 is 0 Å². The van der Waals surface area contributed by atoms with Gasteiger partial charge in [0.2, 0.25) is 11.8 Å². The highest BCUT2D eigenvalue weighted by Gasteiger charge is 2.12. The lowest BCUT2D eigenvalue weighted by Gasteiger charge is -2.11. The summed E-state index contributed by atoms with van der Waals surface area (Å²) in [5.74, 6) is 2.14. The number of alkyl halides is 2. The van der Waals surface area contributed by atoms with Gasteiger partial charge < -0.3 is 18.6 Å². The molecule has 28 heavy (non-hydrogen) atoms. The lowest BCUT2D eigenvalue weighted by molar-refractivity contribution is -0.0498. The van der Waals surface area contributed by atoms with E-state index < -0.39 is 6.61 Å². The molecule has 0 fully saturated rings. The first-order valence-electron chi connectivity index (χ1n) is 8.85. The van der Waals surface area contributed by atoms with Crippen LogP contribution in [0.5, 0.6) is 17.2 Å². The molecule has 148 valence electrons. The molecule has 0 saturated carbocycles. The highest BCUT2D eigenvalue weighted by molar-refractivity contribution is 5.54. The molecule has 1 heterocycles. The first-order valence-corrected chi connectivity index (χ1v) is 8.85. The number of rotatable bonds is 9. The Morgan fingerprint density at radius 3 is 2.32 bits per heavy atom. The van der Waals surface area contributed by atoms with Crippen molar-refractivity contribution in [3.63, 3.8) is 0 Å². The van der Waals surface area contributed by atoms with Gasteiger partial charge >= 0.3 is 6.61 Å². The zero-order valence-corrected chi connectivity index (χ0v) is 15.5. The van der Waals surface area contributed by atoms with Crippen LogP contribution in [-0.2, 0) is 6.42 Å². The summed E-state index contributed by atoms with van der Waals surface area (Å²) in [6, 6.07) is 11.7. The van der Waals surface area contributed by atoms with Gasteiger partial charge in [0.1, 0.15) is 5.75 Å². The van der Waals surface area contributed by atoms with E-state index in [1.54, 1.807) is 12.1 Å². The molecule has 0 spiro atoms. The summed E-state index contributed by atoms with van der Waals surface area (Å²) in [4.78, 5) is 0. The molecule has 0 aliphatic heterocycles. The lowest BCUT2D eigenvalue weighted by atomic mass is 10.1. The van der Waals surface area contributed by atoms with Crippen molar-refractivity contribution in [3.8, 4) is 28.7 Å². The number of hydrogen-bond donors (Lipinski definition) is 0. The molecular weight excluding hydrogens is 370 g/mol. The van der Waals surface area contributed by atoms with Crippen LogP contribution in [0.3, 0.4) is 0 Å². The Morgan fingerprint density at radius 1 is 0.929 bits per heavy atom. The van der Waals surface area contributed by atoms with Crippen LogP contribution in [-0.4, -0.2) is 30.0 Å². The zero-order valence-electron chi connectivity index (χ0n) is 15.5. The predicted octanol–water partition coefficient (Wildman–Crippen LogP) is 4.73. The molecule has 0 N–H and O–H groups in total. The molecular formula is C20H20F2N2O4. The van der Waals surface area contributed by atoms with E-state index in [-0.39, 0.29) is 5.75 Å². The van der Waals surface area contributed by atoms with E-state index in [4.69, 9.17) is 13.9 Å². The van der Waals surface area contributed by atoms with E-state index in [2.05, 4.69) is 14.9 Å². The minimum atomic E-state index is -2.86. The van der Waals surface area contributed by atoms with Crippen LogP contribution in [0.25, 0.3) is 11.5 Å². The van der Waals surface area contributed by atoms with Crippen LogP contribution in [0.4, 0.5) is 8.78 Å². The molecule has 0 aliphatic carbocycles. The molecule has 3 rings (SSSR count). The highest BCUT2D eigenvalue weighted by Crippen LogP contribution is 2.30. The van der Waals surface area contributed by atoms with Gasteiger partial charge in [-0.2, -0.15) is 8.78 Å². The molecule has 3 aromatic rings. The number of benzene rings is 2.